The molecule has 1 aliphatic rings. The van der Waals surface area contributed by atoms with Crippen LogP contribution in [0.4, 0.5) is 4.79 Å². The van der Waals surface area contributed by atoms with Gasteiger partial charge in [0.15, 0.2) is 11.6 Å². The van der Waals surface area contributed by atoms with Crippen LogP contribution < -0.4 is 5.32 Å². The molecule has 1 heterocycles. The van der Waals surface area contributed by atoms with E-state index in [9.17, 15) is 9.59 Å². The summed E-state index contributed by atoms with van der Waals surface area (Å²) in [7, 11) is 0. The van der Waals surface area contributed by atoms with Gasteiger partial charge in [0.25, 0.3) is 0 Å². The molecule has 156 valence electrons. The molecule has 1 fully saturated rings. The van der Waals surface area contributed by atoms with E-state index >= 15 is 0 Å². The van der Waals surface area contributed by atoms with Crippen molar-refractivity contribution in [3.8, 4) is 0 Å². The summed E-state index contributed by atoms with van der Waals surface area (Å²) in [5.74, 6) is -1.02. The molecular formula is C21H31NO6. The smallest absolute Gasteiger partial charge is 0.408 e. The van der Waals surface area contributed by atoms with Crippen molar-refractivity contribution in [2.75, 3.05) is 6.61 Å². The molecule has 0 aliphatic carbocycles. The van der Waals surface area contributed by atoms with Gasteiger partial charge in [0, 0.05) is 0 Å². The zero-order chi connectivity index (χ0) is 20.9. The largest absolute Gasteiger partial charge is 0.444 e. The van der Waals surface area contributed by atoms with E-state index in [1.807, 2.05) is 30.3 Å². The molecular weight excluding hydrogens is 362 g/mol. The van der Waals surface area contributed by atoms with Gasteiger partial charge < -0.3 is 24.3 Å². The Balaban J connectivity index is 2.18. The van der Waals surface area contributed by atoms with E-state index in [1.165, 1.54) is 6.92 Å². The van der Waals surface area contributed by atoms with E-state index in [0.29, 0.717) is 0 Å². The Bertz CT molecular complexity index is 667. The summed E-state index contributed by atoms with van der Waals surface area (Å²) in [6, 6.07) is 8.77. The summed E-state index contributed by atoms with van der Waals surface area (Å²) in [6.45, 7) is 10.8. The van der Waals surface area contributed by atoms with E-state index in [1.54, 1.807) is 34.6 Å². The molecule has 3 unspecified atom stereocenters. The second-order valence-corrected chi connectivity index (χ2v) is 8.37. The number of Topliss-reactive ketones (excluding diaryl/α,β-unsaturated/α-hetero) is 1. The predicted molar refractivity (Wildman–Crippen MR) is 104 cm³/mol. The Morgan fingerprint density at radius 1 is 1.25 bits per heavy atom. The number of benzene rings is 1. The molecule has 1 aliphatic heterocycles. The number of carbonyl (C=O) groups is 2. The molecule has 7 nitrogen and oxygen atoms in total. The average molecular weight is 393 g/mol. The fourth-order valence-electron chi connectivity index (χ4n) is 2.93. The molecule has 2 rings (SSSR count). The molecule has 7 heteroatoms. The molecule has 0 radical (unpaired) electrons. The number of amides is 1. The van der Waals surface area contributed by atoms with Crippen LogP contribution in [0.25, 0.3) is 0 Å². The SMILES string of the molecule is CC(=O)C(OCc1ccccc1)C(NC(=O)OC(C)(C)C)C1COC(C)(C)O1. The van der Waals surface area contributed by atoms with E-state index in [-0.39, 0.29) is 19.0 Å². The summed E-state index contributed by atoms with van der Waals surface area (Å²) < 4.78 is 22.8. The highest BCUT2D eigenvalue weighted by Gasteiger charge is 2.43. The first-order valence-corrected chi connectivity index (χ1v) is 9.44. The fraction of sp³-hybridized carbons (Fsp3) is 0.619. The maximum absolute atomic E-state index is 12.4. The highest BCUT2D eigenvalue weighted by atomic mass is 16.7. The molecule has 1 saturated heterocycles. The minimum absolute atomic E-state index is 0.217. The van der Waals surface area contributed by atoms with Crippen LogP contribution in [0, 0.1) is 0 Å². The fourth-order valence-corrected chi connectivity index (χ4v) is 2.93. The van der Waals surface area contributed by atoms with Gasteiger partial charge in [-0.2, -0.15) is 0 Å². The topological polar surface area (TPSA) is 83.1 Å². The number of carbonyl (C=O) groups excluding carboxylic acids is 2. The van der Waals surface area contributed by atoms with Crippen molar-refractivity contribution in [2.24, 2.45) is 0 Å². The first kappa shape index (κ1) is 22.3. The van der Waals surface area contributed by atoms with Crippen LogP contribution in [0.3, 0.4) is 0 Å². The van der Waals surface area contributed by atoms with Crippen LogP contribution in [0.5, 0.6) is 0 Å². The maximum atomic E-state index is 12.4. The Morgan fingerprint density at radius 3 is 2.39 bits per heavy atom. The van der Waals surface area contributed by atoms with Crippen molar-refractivity contribution < 1.29 is 28.5 Å². The first-order valence-electron chi connectivity index (χ1n) is 9.44. The van der Waals surface area contributed by atoms with Crippen molar-refractivity contribution in [3.05, 3.63) is 35.9 Å². The van der Waals surface area contributed by atoms with Crippen molar-refractivity contribution in [2.45, 2.75) is 77.8 Å². The lowest BCUT2D eigenvalue weighted by atomic mass is 10.0. The molecule has 1 N–H and O–H groups in total. The normalized spacial score (nSPS) is 21.0. The Morgan fingerprint density at radius 2 is 1.89 bits per heavy atom. The molecule has 0 aromatic heterocycles. The van der Waals surface area contributed by atoms with Gasteiger partial charge in [-0.05, 0) is 47.1 Å². The van der Waals surface area contributed by atoms with Crippen molar-refractivity contribution in [1.29, 1.82) is 0 Å². The lowest BCUT2D eigenvalue weighted by molar-refractivity contribution is -0.153. The van der Waals surface area contributed by atoms with E-state index in [4.69, 9.17) is 18.9 Å². The van der Waals surface area contributed by atoms with Gasteiger partial charge in [0.1, 0.15) is 17.8 Å². The van der Waals surface area contributed by atoms with Crippen molar-refractivity contribution in [3.63, 3.8) is 0 Å². The van der Waals surface area contributed by atoms with Crippen LogP contribution >= 0.6 is 0 Å². The number of ether oxygens (including phenoxy) is 4. The highest BCUT2D eigenvalue weighted by molar-refractivity contribution is 5.82. The highest BCUT2D eigenvalue weighted by Crippen LogP contribution is 2.27. The van der Waals surface area contributed by atoms with Crippen molar-refractivity contribution in [1.82, 2.24) is 5.32 Å². The number of nitrogens with one attached hydrogen (secondary N) is 1. The summed E-state index contributed by atoms with van der Waals surface area (Å²) in [5, 5.41) is 2.76. The average Bonchev–Trinajstić information content (AvgIpc) is 2.93. The zero-order valence-electron chi connectivity index (χ0n) is 17.5. The second-order valence-electron chi connectivity index (χ2n) is 8.37. The van der Waals surface area contributed by atoms with Gasteiger partial charge in [-0.3, -0.25) is 4.79 Å². The Hall–Kier alpha value is -1.96. The van der Waals surface area contributed by atoms with Gasteiger partial charge in [0.05, 0.1) is 19.3 Å². The Kier molecular flexibility index (Phi) is 7.20. The summed E-state index contributed by atoms with van der Waals surface area (Å²) in [6.07, 6.45) is -2.09. The zero-order valence-corrected chi connectivity index (χ0v) is 17.5. The predicted octanol–water partition coefficient (Wildman–Crippen LogP) is 3.21. The van der Waals surface area contributed by atoms with Gasteiger partial charge in [-0.15, -0.1) is 0 Å². The minimum Gasteiger partial charge on any atom is -0.444 e. The van der Waals surface area contributed by atoms with Crippen LogP contribution in [0.15, 0.2) is 30.3 Å². The summed E-state index contributed by atoms with van der Waals surface area (Å²) >= 11 is 0. The number of hydrogen-bond donors (Lipinski definition) is 1. The molecule has 0 spiro atoms. The third kappa shape index (κ3) is 6.89. The van der Waals surface area contributed by atoms with Gasteiger partial charge in [0.2, 0.25) is 0 Å². The molecule has 3 atom stereocenters. The maximum Gasteiger partial charge on any atom is 0.408 e. The number of ketones is 1. The molecule has 1 amide bonds. The van der Waals surface area contributed by atoms with E-state index in [2.05, 4.69) is 5.32 Å². The first-order chi connectivity index (χ1) is 13.0. The van der Waals surface area contributed by atoms with E-state index < -0.39 is 35.7 Å². The number of rotatable bonds is 7. The lowest BCUT2D eigenvalue weighted by Crippen LogP contribution is -2.56. The molecule has 1 aromatic carbocycles. The van der Waals surface area contributed by atoms with Gasteiger partial charge in [-0.1, -0.05) is 30.3 Å². The van der Waals surface area contributed by atoms with Crippen LogP contribution in [-0.2, 0) is 30.3 Å². The minimum atomic E-state index is -0.907. The number of hydrogen-bond acceptors (Lipinski definition) is 6. The third-order valence-corrected chi connectivity index (χ3v) is 4.11. The summed E-state index contributed by atoms with van der Waals surface area (Å²) in [5.41, 5.74) is 0.256. The Labute approximate surface area is 166 Å². The molecule has 1 aromatic rings. The monoisotopic (exact) mass is 393 g/mol. The quantitative estimate of drug-likeness (QED) is 0.766. The van der Waals surface area contributed by atoms with Crippen LogP contribution in [-0.4, -0.2) is 48.1 Å². The molecule has 0 bridgehead atoms. The third-order valence-electron chi connectivity index (χ3n) is 4.11. The van der Waals surface area contributed by atoms with Gasteiger partial charge in [-0.25, -0.2) is 4.79 Å². The lowest BCUT2D eigenvalue weighted by Gasteiger charge is -2.31. The molecule has 28 heavy (non-hydrogen) atoms. The van der Waals surface area contributed by atoms with Crippen LogP contribution in [0.1, 0.15) is 47.1 Å². The number of alkyl carbamates (subject to hydrolysis) is 1. The van der Waals surface area contributed by atoms with Gasteiger partial charge >= 0.3 is 6.09 Å². The van der Waals surface area contributed by atoms with Crippen LogP contribution in [0.2, 0.25) is 0 Å². The second kappa shape index (κ2) is 9.03. The van der Waals surface area contributed by atoms with E-state index in [0.717, 1.165) is 5.56 Å². The summed E-state index contributed by atoms with van der Waals surface area (Å²) in [4.78, 5) is 24.8. The molecule has 0 saturated carbocycles. The standard InChI is InChI=1S/C21H31NO6/c1-14(23)18(25-12-15-10-8-7-9-11-15)17(16-13-26-21(5,6)27-16)22-19(24)28-20(2,3)4/h7-11,16-18H,12-13H2,1-6H3,(H,22,24). The van der Waals surface area contributed by atoms with Crippen molar-refractivity contribution >= 4 is 11.9 Å².